The number of aromatic carboxylic acids is 1. The smallest absolute Gasteiger partial charge is 0.335 e. The number of benzene rings is 3. The Morgan fingerprint density at radius 1 is 1.02 bits per heavy atom. The first kappa shape index (κ1) is 29.8. The zero-order valence-electron chi connectivity index (χ0n) is 23.9. The molecule has 0 amide bonds. The van der Waals surface area contributed by atoms with Gasteiger partial charge in [0.05, 0.1) is 53.7 Å². The van der Waals surface area contributed by atoms with Crippen molar-refractivity contribution in [1.82, 2.24) is 14.5 Å². The Bertz CT molecular complexity index is 1980. The van der Waals surface area contributed by atoms with E-state index < -0.39 is 29.0 Å². The molecule has 2 aromatic heterocycles. The third-order valence-corrected chi connectivity index (χ3v) is 7.73. The summed E-state index contributed by atoms with van der Waals surface area (Å²) in [6, 6.07) is 17.0. The molecule has 1 aliphatic rings. The molecule has 0 saturated carbocycles. The van der Waals surface area contributed by atoms with E-state index >= 15 is 8.78 Å². The van der Waals surface area contributed by atoms with Gasteiger partial charge in [-0.25, -0.2) is 27.9 Å². The fourth-order valence-electron chi connectivity index (χ4n) is 5.13. The van der Waals surface area contributed by atoms with Gasteiger partial charge in [-0.05, 0) is 54.1 Å². The molecule has 9 nitrogen and oxygen atoms in total. The van der Waals surface area contributed by atoms with Gasteiger partial charge in [0, 0.05) is 30.7 Å². The average molecular weight is 615 g/mol. The lowest BCUT2D eigenvalue weighted by molar-refractivity contribution is -0.202. The molecule has 3 aromatic carbocycles. The molecule has 45 heavy (non-hydrogen) atoms. The van der Waals surface area contributed by atoms with Crippen molar-refractivity contribution < 1.29 is 37.3 Å². The molecule has 0 aliphatic carbocycles. The van der Waals surface area contributed by atoms with Crippen LogP contribution in [0.2, 0.25) is 0 Å². The van der Waals surface area contributed by atoms with E-state index in [0.29, 0.717) is 30.1 Å². The van der Waals surface area contributed by atoms with Gasteiger partial charge >= 0.3 is 5.97 Å². The summed E-state index contributed by atoms with van der Waals surface area (Å²) in [6.45, 7) is 0.715. The van der Waals surface area contributed by atoms with Crippen LogP contribution in [0.1, 0.15) is 32.9 Å². The average Bonchev–Trinajstić information content (AvgIpc) is 3.35. The summed E-state index contributed by atoms with van der Waals surface area (Å²) in [7, 11) is 1.55. The molecule has 5 aromatic rings. The van der Waals surface area contributed by atoms with E-state index in [1.807, 2.05) is 6.07 Å². The van der Waals surface area contributed by atoms with Gasteiger partial charge in [0.1, 0.15) is 35.5 Å². The maximum absolute atomic E-state index is 15.6. The molecule has 3 heterocycles. The summed E-state index contributed by atoms with van der Waals surface area (Å²) in [6.07, 6.45) is -0.0898. The summed E-state index contributed by atoms with van der Waals surface area (Å²) < 4.78 is 63.7. The molecular formula is C33H25F3N4O5. The number of imidazole rings is 1. The standard InChI is InChI=1S/C33H25F3N4O5/c1-43-33(17-44-18-33)16-40-29-11-20(32(41)42)7-8-28(29)38-30(40)12-22-10-26(36)23(13-25(22)35)27-3-2-4-31(39-27)45-15-21-6-5-19(14-37)9-24(21)34/h2-11,13H,12,15-18H2,1H3,(H,41,42). The van der Waals surface area contributed by atoms with E-state index in [1.54, 1.807) is 23.8 Å². The van der Waals surface area contributed by atoms with Gasteiger partial charge in [-0.15, -0.1) is 0 Å². The van der Waals surface area contributed by atoms with Gasteiger partial charge in [0.15, 0.2) is 0 Å². The lowest BCUT2D eigenvalue weighted by atomic mass is 10.0. The Balaban J connectivity index is 1.28. The van der Waals surface area contributed by atoms with Crippen LogP contribution in [-0.4, -0.2) is 51.5 Å². The fourth-order valence-corrected chi connectivity index (χ4v) is 5.13. The first-order valence-corrected chi connectivity index (χ1v) is 13.8. The zero-order chi connectivity index (χ0) is 31.7. The van der Waals surface area contributed by atoms with Crippen molar-refractivity contribution in [2.75, 3.05) is 20.3 Å². The molecule has 0 spiro atoms. The quantitative estimate of drug-likeness (QED) is 0.214. The number of aromatic nitrogens is 3. The van der Waals surface area contributed by atoms with E-state index in [1.165, 1.54) is 36.4 Å². The summed E-state index contributed by atoms with van der Waals surface area (Å²) in [5, 5.41) is 18.4. The van der Waals surface area contributed by atoms with Crippen molar-refractivity contribution in [3.05, 3.63) is 112 Å². The molecule has 6 rings (SSSR count). The minimum Gasteiger partial charge on any atom is -0.478 e. The monoisotopic (exact) mass is 614 g/mol. The first-order valence-electron chi connectivity index (χ1n) is 13.8. The third-order valence-electron chi connectivity index (χ3n) is 7.73. The van der Waals surface area contributed by atoms with Crippen molar-refractivity contribution in [3.63, 3.8) is 0 Å². The maximum Gasteiger partial charge on any atom is 0.335 e. The molecule has 1 fully saturated rings. The number of methoxy groups -OCH3 is 1. The molecule has 1 saturated heterocycles. The van der Waals surface area contributed by atoms with Crippen molar-refractivity contribution in [2.24, 2.45) is 0 Å². The topological polar surface area (TPSA) is 119 Å². The second kappa shape index (κ2) is 12.0. The second-order valence-corrected chi connectivity index (χ2v) is 10.7. The van der Waals surface area contributed by atoms with Crippen LogP contribution in [0.5, 0.6) is 5.88 Å². The van der Waals surface area contributed by atoms with Crippen LogP contribution in [0.25, 0.3) is 22.3 Å². The van der Waals surface area contributed by atoms with E-state index in [0.717, 1.165) is 18.2 Å². The number of nitriles is 1. The Kier molecular flexibility index (Phi) is 7.97. The van der Waals surface area contributed by atoms with Crippen LogP contribution in [0.4, 0.5) is 13.2 Å². The van der Waals surface area contributed by atoms with Gasteiger partial charge in [-0.3, -0.25) is 0 Å². The predicted molar refractivity (Wildman–Crippen MR) is 155 cm³/mol. The van der Waals surface area contributed by atoms with E-state index in [4.69, 9.17) is 19.5 Å². The Hall–Kier alpha value is -5.25. The normalized spacial score (nSPS) is 13.8. The number of pyridine rings is 1. The molecule has 1 aliphatic heterocycles. The molecule has 1 N–H and O–H groups in total. The number of hydrogen-bond acceptors (Lipinski definition) is 7. The molecule has 12 heteroatoms. The summed E-state index contributed by atoms with van der Waals surface area (Å²) in [5.74, 6) is -2.67. The van der Waals surface area contributed by atoms with Gasteiger partial charge < -0.3 is 23.9 Å². The van der Waals surface area contributed by atoms with Crippen LogP contribution in [0.3, 0.4) is 0 Å². The lowest BCUT2D eigenvalue weighted by Gasteiger charge is -2.40. The predicted octanol–water partition coefficient (Wildman–Crippen LogP) is 5.67. The zero-order valence-corrected chi connectivity index (χ0v) is 23.9. The highest BCUT2D eigenvalue weighted by Crippen LogP contribution is 2.31. The fraction of sp³-hybridized carbons (Fsp3) is 0.212. The third kappa shape index (κ3) is 5.95. The highest BCUT2D eigenvalue weighted by Gasteiger charge is 2.40. The van der Waals surface area contributed by atoms with E-state index in [-0.39, 0.29) is 59.0 Å². The van der Waals surface area contributed by atoms with Crippen LogP contribution < -0.4 is 4.74 Å². The number of halogens is 3. The lowest BCUT2D eigenvalue weighted by Crippen LogP contribution is -2.54. The molecule has 0 atom stereocenters. The van der Waals surface area contributed by atoms with Gasteiger partial charge in [-0.2, -0.15) is 5.26 Å². The molecule has 0 radical (unpaired) electrons. The number of carboxylic acid groups (broad SMARTS) is 1. The van der Waals surface area contributed by atoms with E-state index in [9.17, 15) is 14.3 Å². The first-order chi connectivity index (χ1) is 21.7. The van der Waals surface area contributed by atoms with Gasteiger partial charge in [0.25, 0.3) is 0 Å². The summed E-state index contributed by atoms with van der Waals surface area (Å²) in [5.41, 5.74) is 0.837. The number of ether oxygens (including phenoxy) is 3. The number of carbonyl (C=O) groups is 1. The Morgan fingerprint density at radius 2 is 1.82 bits per heavy atom. The largest absolute Gasteiger partial charge is 0.478 e. The highest BCUT2D eigenvalue weighted by molar-refractivity contribution is 5.92. The number of fused-ring (bicyclic) bond motifs is 1. The van der Waals surface area contributed by atoms with Crippen LogP contribution in [0, 0.1) is 28.8 Å². The number of rotatable bonds is 10. The van der Waals surface area contributed by atoms with Crippen molar-refractivity contribution in [2.45, 2.75) is 25.2 Å². The van der Waals surface area contributed by atoms with Crippen molar-refractivity contribution in [3.8, 4) is 23.2 Å². The van der Waals surface area contributed by atoms with Crippen LogP contribution in [0.15, 0.2) is 66.7 Å². The maximum atomic E-state index is 15.6. The Labute approximate surface area is 255 Å². The minimum atomic E-state index is -1.10. The number of nitrogens with zero attached hydrogens (tertiary/aromatic N) is 4. The SMILES string of the molecule is COC1(Cn2c(Cc3cc(F)c(-c4cccc(OCc5ccc(C#N)cc5F)n4)cc3F)nc3ccc(C(=O)O)cc32)COC1. The second-order valence-electron chi connectivity index (χ2n) is 10.7. The highest BCUT2D eigenvalue weighted by atomic mass is 19.1. The molecule has 228 valence electrons. The van der Waals surface area contributed by atoms with Crippen molar-refractivity contribution in [1.29, 1.82) is 5.26 Å². The number of hydrogen-bond donors (Lipinski definition) is 1. The molecule has 0 unspecified atom stereocenters. The van der Waals surface area contributed by atoms with Gasteiger partial charge in [-0.1, -0.05) is 12.1 Å². The van der Waals surface area contributed by atoms with Crippen LogP contribution in [-0.2, 0) is 29.0 Å². The summed E-state index contributed by atoms with van der Waals surface area (Å²) >= 11 is 0. The van der Waals surface area contributed by atoms with Crippen LogP contribution >= 0.6 is 0 Å². The molecule has 0 bridgehead atoms. The number of carboxylic acids is 1. The van der Waals surface area contributed by atoms with E-state index in [2.05, 4.69) is 9.97 Å². The Morgan fingerprint density at radius 3 is 2.51 bits per heavy atom. The van der Waals surface area contributed by atoms with Crippen molar-refractivity contribution >= 4 is 17.0 Å². The molecular weight excluding hydrogens is 589 g/mol. The van der Waals surface area contributed by atoms with Gasteiger partial charge in [0.2, 0.25) is 5.88 Å². The minimum absolute atomic E-state index is 0.0336. The summed E-state index contributed by atoms with van der Waals surface area (Å²) in [4.78, 5) is 20.5.